The van der Waals surface area contributed by atoms with Gasteiger partial charge in [0.05, 0.1) is 9.16 Å². The highest BCUT2D eigenvalue weighted by Gasteiger charge is 2.19. The Labute approximate surface area is 286 Å². The molecule has 0 aromatic heterocycles. The third-order valence-electron chi connectivity index (χ3n) is 6.54. The van der Waals surface area contributed by atoms with Crippen LogP contribution in [0.5, 0.6) is 11.5 Å². The molecule has 2 fully saturated rings. The van der Waals surface area contributed by atoms with Crippen molar-refractivity contribution in [1.29, 1.82) is 0 Å². The number of ether oxygens (including phenoxy) is 4. The third kappa shape index (κ3) is 12.9. The van der Waals surface area contributed by atoms with Gasteiger partial charge in [-0.25, -0.2) is 9.59 Å². The van der Waals surface area contributed by atoms with E-state index in [4.69, 9.17) is 18.9 Å². The van der Waals surface area contributed by atoms with Crippen LogP contribution in [0.3, 0.4) is 0 Å². The van der Waals surface area contributed by atoms with Gasteiger partial charge in [-0.3, -0.25) is 0 Å². The largest absolute Gasteiger partial charge is 0.490 e. The zero-order chi connectivity index (χ0) is 31.0. The van der Waals surface area contributed by atoms with E-state index in [2.05, 4.69) is 13.2 Å². The molecular weight excluding hydrogens is 673 g/mol. The lowest BCUT2D eigenvalue weighted by molar-refractivity contribution is -0.144. The Kier molecular flexibility index (Phi) is 16.3. The molecule has 0 N–H and O–H groups in total. The summed E-state index contributed by atoms with van der Waals surface area (Å²) in [6.45, 7) is 7.59. The maximum atomic E-state index is 11.9. The number of carbonyl (C=O) groups is 2. The van der Waals surface area contributed by atoms with Crippen molar-refractivity contribution in [3.8, 4) is 11.5 Å². The Balaban J connectivity index is 1.25. The fourth-order valence-electron chi connectivity index (χ4n) is 4.35. The molecule has 2 aromatic carbocycles. The van der Waals surface area contributed by atoms with Crippen LogP contribution >= 0.6 is 70.6 Å². The lowest BCUT2D eigenvalue weighted by Crippen LogP contribution is -2.27. The van der Waals surface area contributed by atoms with Crippen LogP contribution in [0.1, 0.15) is 12.8 Å². The van der Waals surface area contributed by atoms with Crippen LogP contribution in [0.4, 0.5) is 0 Å². The second-order valence-electron chi connectivity index (χ2n) is 9.89. The first-order chi connectivity index (χ1) is 21.5. The van der Waals surface area contributed by atoms with Crippen molar-refractivity contribution in [2.45, 2.75) is 34.2 Å². The highest BCUT2D eigenvalue weighted by molar-refractivity contribution is 8.20. The van der Waals surface area contributed by atoms with Crippen LogP contribution in [-0.4, -0.2) is 92.5 Å². The number of benzene rings is 2. The van der Waals surface area contributed by atoms with E-state index in [1.165, 1.54) is 35.2 Å². The quantitative estimate of drug-likeness (QED) is 0.0770. The van der Waals surface area contributed by atoms with E-state index >= 15 is 0 Å². The lowest BCUT2D eigenvalue weighted by Gasteiger charge is -2.19. The molecule has 0 radical (unpaired) electrons. The number of esters is 2. The zero-order valence-electron chi connectivity index (χ0n) is 24.7. The van der Waals surface area contributed by atoms with Crippen molar-refractivity contribution >= 4 is 93.3 Å². The maximum absolute atomic E-state index is 11.9. The van der Waals surface area contributed by atoms with Gasteiger partial charge in [-0.05, 0) is 59.4 Å². The molecule has 2 aliphatic heterocycles. The molecule has 240 valence electrons. The van der Waals surface area contributed by atoms with E-state index in [1.807, 2.05) is 83.4 Å². The van der Waals surface area contributed by atoms with E-state index in [-0.39, 0.29) is 25.4 Å². The Morgan fingerprint density at radius 1 is 0.727 bits per heavy atom. The molecule has 4 rings (SSSR count). The summed E-state index contributed by atoms with van der Waals surface area (Å²) in [6, 6.07) is 11.7. The third-order valence-corrected chi connectivity index (χ3v) is 15.1. The van der Waals surface area contributed by atoms with E-state index < -0.39 is 11.9 Å². The van der Waals surface area contributed by atoms with Crippen LogP contribution in [0.2, 0.25) is 0 Å². The minimum absolute atomic E-state index is 0.271. The number of thioether (sulfide) groups is 6. The molecule has 2 saturated heterocycles. The number of hydrogen-bond donors (Lipinski definition) is 0. The molecule has 44 heavy (non-hydrogen) atoms. The van der Waals surface area contributed by atoms with Gasteiger partial charge in [0.1, 0.15) is 36.9 Å². The normalized spacial score (nSPS) is 16.8. The molecule has 6 nitrogen and oxygen atoms in total. The number of fused-ring (bicyclic) bond motifs is 1. The van der Waals surface area contributed by atoms with Crippen LogP contribution in [-0.2, 0) is 19.1 Å². The average molecular weight is 713 g/mol. The molecule has 2 aromatic rings. The molecule has 2 heterocycles. The maximum Gasteiger partial charge on any atom is 0.330 e. The number of rotatable bonds is 20. The van der Waals surface area contributed by atoms with Crippen LogP contribution in [0.15, 0.2) is 61.7 Å². The first kappa shape index (κ1) is 35.7. The minimum Gasteiger partial charge on any atom is -0.490 e. The van der Waals surface area contributed by atoms with E-state index in [0.717, 1.165) is 35.1 Å². The molecular formula is C32H40O6S6. The van der Waals surface area contributed by atoms with Crippen molar-refractivity contribution in [2.75, 3.05) is 59.2 Å². The first-order valence-electron chi connectivity index (χ1n) is 14.6. The van der Waals surface area contributed by atoms with Gasteiger partial charge in [-0.15, -0.1) is 47.0 Å². The smallest absolute Gasteiger partial charge is 0.330 e. The summed E-state index contributed by atoms with van der Waals surface area (Å²) in [6.07, 6.45) is 3.97. The Morgan fingerprint density at radius 2 is 1.14 bits per heavy atom. The van der Waals surface area contributed by atoms with Gasteiger partial charge < -0.3 is 18.9 Å². The minimum atomic E-state index is -0.436. The number of hydrogen-bond acceptors (Lipinski definition) is 12. The summed E-state index contributed by atoms with van der Waals surface area (Å²) in [5, 5.41) is 2.01. The predicted octanol–water partition coefficient (Wildman–Crippen LogP) is 7.65. The molecule has 0 bridgehead atoms. The molecule has 2 unspecified atom stereocenters. The van der Waals surface area contributed by atoms with Crippen molar-refractivity contribution in [2.24, 2.45) is 0 Å². The lowest BCUT2D eigenvalue weighted by atomic mass is 10.1. The molecule has 0 spiro atoms. The van der Waals surface area contributed by atoms with Crippen molar-refractivity contribution in [1.82, 2.24) is 0 Å². The summed E-state index contributed by atoms with van der Waals surface area (Å²) in [5.41, 5.74) is 0. The van der Waals surface area contributed by atoms with E-state index in [0.29, 0.717) is 32.2 Å². The summed E-state index contributed by atoms with van der Waals surface area (Å²) in [5.74, 6) is 8.90. The second-order valence-corrected chi connectivity index (χ2v) is 18.0. The fraction of sp³-hybridized carbons (Fsp3) is 0.500. The summed E-state index contributed by atoms with van der Waals surface area (Å²) in [7, 11) is 0. The van der Waals surface area contributed by atoms with Crippen LogP contribution in [0, 0.1) is 0 Å². The van der Waals surface area contributed by atoms with Crippen LogP contribution in [0.25, 0.3) is 10.8 Å². The molecule has 2 atom stereocenters. The Hall–Kier alpha value is -1.18. The van der Waals surface area contributed by atoms with Gasteiger partial charge in [0, 0.05) is 46.7 Å². The van der Waals surface area contributed by atoms with E-state index in [1.54, 1.807) is 23.5 Å². The number of carbonyl (C=O) groups excluding carboxylic acids is 2. The van der Waals surface area contributed by atoms with Gasteiger partial charge in [0.15, 0.2) is 0 Å². The van der Waals surface area contributed by atoms with E-state index in [9.17, 15) is 9.59 Å². The average Bonchev–Trinajstić information content (AvgIpc) is 3.77. The van der Waals surface area contributed by atoms with Gasteiger partial charge in [0.2, 0.25) is 0 Å². The first-order valence-corrected chi connectivity index (χ1v) is 21.1. The molecule has 0 amide bonds. The second kappa shape index (κ2) is 20.1. The van der Waals surface area contributed by atoms with Crippen molar-refractivity contribution in [3.63, 3.8) is 0 Å². The van der Waals surface area contributed by atoms with Crippen molar-refractivity contribution in [3.05, 3.63) is 61.7 Å². The van der Waals surface area contributed by atoms with Gasteiger partial charge in [0.25, 0.3) is 0 Å². The zero-order valence-corrected chi connectivity index (χ0v) is 29.6. The SMILES string of the molecule is C=CC(=O)OC(COc1ccc2cc(OCC(CSCCC3SCCS3)OC(=O)C=C)ccc2c1)CSCCC1SCCS1. The molecule has 0 saturated carbocycles. The summed E-state index contributed by atoms with van der Waals surface area (Å²) >= 11 is 11.7. The highest BCUT2D eigenvalue weighted by Crippen LogP contribution is 2.36. The molecule has 12 heteroatoms. The monoisotopic (exact) mass is 712 g/mol. The summed E-state index contributed by atoms with van der Waals surface area (Å²) < 4.78 is 24.6. The fourth-order valence-corrected chi connectivity index (χ4v) is 12.6. The topological polar surface area (TPSA) is 71.1 Å². The molecule has 0 aliphatic carbocycles. The van der Waals surface area contributed by atoms with Gasteiger partial charge >= 0.3 is 11.9 Å². The van der Waals surface area contributed by atoms with Gasteiger partial charge in [-0.2, -0.15) is 23.5 Å². The Morgan fingerprint density at radius 3 is 1.52 bits per heavy atom. The van der Waals surface area contributed by atoms with Gasteiger partial charge in [-0.1, -0.05) is 25.3 Å². The Bertz CT molecular complexity index is 1120. The summed E-state index contributed by atoms with van der Waals surface area (Å²) in [4.78, 5) is 23.8. The standard InChI is InChI=1S/C32H40O6S6/c1-3-29(33)37-27(21-39-11-9-31-41-13-14-42-31)19-35-25-7-5-24-18-26(8-6-23(24)17-25)36-20-28(38-30(34)4-2)22-40-12-10-32-43-15-16-44-32/h3-8,17-18,27-28,31-32H,1-2,9-16,19-22H2. The van der Waals surface area contributed by atoms with Crippen molar-refractivity contribution < 1.29 is 28.5 Å². The predicted molar refractivity (Wildman–Crippen MR) is 196 cm³/mol. The molecule has 2 aliphatic rings. The van der Waals surface area contributed by atoms with Crippen LogP contribution < -0.4 is 9.47 Å². The highest BCUT2D eigenvalue weighted by atomic mass is 32.2.